The molecule has 5 nitrogen and oxygen atoms in total. The van der Waals surface area contributed by atoms with Crippen LogP contribution in [0.15, 0.2) is 47.1 Å². The standard InChI is InChI=1S/C21H25ClN2O3/c22-18-9-3-15(4-10-18)11-12-23-20(25)16-5-7-17(8-6-16)21(26)24-14-19-2-1-13-27-19/h1-4,9-10,13,16-17H,5-8,11-12,14H2,(H,23,25)(H,24,26). The molecule has 1 aromatic heterocycles. The van der Waals surface area contributed by atoms with Crippen molar-refractivity contribution in [1.82, 2.24) is 10.6 Å². The summed E-state index contributed by atoms with van der Waals surface area (Å²) in [6.45, 7) is 1.03. The van der Waals surface area contributed by atoms with E-state index in [2.05, 4.69) is 10.6 Å². The zero-order chi connectivity index (χ0) is 19.1. The highest BCUT2D eigenvalue weighted by Gasteiger charge is 2.29. The van der Waals surface area contributed by atoms with Gasteiger partial charge in [0.2, 0.25) is 11.8 Å². The Morgan fingerprint density at radius 1 is 0.963 bits per heavy atom. The van der Waals surface area contributed by atoms with Crippen LogP contribution >= 0.6 is 11.6 Å². The third kappa shape index (κ3) is 5.86. The molecule has 0 atom stereocenters. The van der Waals surface area contributed by atoms with Gasteiger partial charge in [0.15, 0.2) is 0 Å². The molecule has 0 spiro atoms. The summed E-state index contributed by atoms with van der Waals surface area (Å²) in [5.74, 6) is 0.880. The van der Waals surface area contributed by atoms with Gasteiger partial charge in [0.25, 0.3) is 0 Å². The lowest BCUT2D eigenvalue weighted by atomic mass is 9.81. The Morgan fingerprint density at radius 3 is 2.19 bits per heavy atom. The first kappa shape index (κ1) is 19.5. The van der Waals surface area contributed by atoms with E-state index >= 15 is 0 Å². The van der Waals surface area contributed by atoms with E-state index in [-0.39, 0.29) is 23.7 Å². The molecule has 0 bridgehead atoms. The maximum atomic E-state index is 12.4. The Morgan fingerprint density at radius 2 is 1.59 bits per heavy atom. The summed E-state index contributed by atoms with van der Waals surface area (Å²) in [4.78, 5) is 24.6. The smallest absolute Gasteiger partial charge is 0.223 e. The van der Waals surface area contributed by atoms with E-state index in [0.29, 0.717) is 18.1 Å². The van der Waals surface area contributed by atoms with Gasteiger partial charge in [-0.25, -0.2) is 0 Å². The van der Waals surface area contributed by atoms with E-state index in [1.807, 2.05) is 30.3 Å². The average Bonchev–Trinajstić information content (AvgIpc) is 3.21. The minimum absolute atomic E-state index is 0.00402. The quantitative estimate of drug-likeness (QED) is 0.759. The fourth-order valence-electron chi connectivity index (χ4n) is 3.47. The van der Waals surface area contributed by atoms with E-state index in [9.17, 15) is 9.59 Å². The van der Waals surface area contributed by atoms with Gasteiger partial charge in [0.05, 0.1) is 12.8 Å². The van der Waals surface area contributed by atoms with Crippen LogP contribution in [-0.4, -0.2) is 18.4 Å². The van der Waals surface area contributed by atoms with Gasteiger partial charge in [0.1, 0.15) is 5.76 Å². The van der Waals surface area contributed by atoms with Crippen LogP contribution in [0.1, 0.15) is 37.0 Å². The number of rotatable bonds is 7. The maximum absolute atomic E-state index is 12.4. The molecule has 1 heterocycles. The van der Waals surface area contributed by atoms with Crippen molar-refractivity contribution in [3.63, 3.8) is 0 Å². The molecule has 1 aliphatic carbocycles. The van der Waals surface area contributed by atoms with Crippen molar-refractivity contribution in [2.24, 2.45) is 11.8 Å². The highest BCUT2D eigenvalue weighted by Crippen LogP contribution is 2.29. The number of carbonyl (C=O) groups is 2. The third-order valence-electron chi connectivity index (χ3n) is 5.11. The van der Waals surface area contributed by atoms with Gasteiger partial charge < -0.3 is 15.1 Å². The highest BCUT2D eigenvalue weighted by molar-refractivity contribution is 6.30. The number of hydrogen-bond acceptors (Lipinski definition) is 3. The summed E-state index contributed by atoms with van der Waals surface area (Å²) in [6, 6.07) is 11.3. The molecule has 2 aromatic rings. The van der Waals surface area contributed by atoms with Gasteiger partial charge in [-0.3, -0.25) is 9.59 Å². The molecule has 6 heteroatoms. The molecular weight excluding hydrogens is 364 g/mol. The molecule has 144 valence electrons. The number of carbonyl (C=O) groups excluding carboxylic acids is 2. The van der Waals surface area contributed by atoms with Crippen molar-refractivity contribution in [1.29, 1.82) is 0 Å². The summed E-state index contributed by atoms with van der Waals surface area (Å²) in [5.41, 5.74) is 1.15. The molecule has 1 aromatic carbocycles. The summed E-state index contributed by atoms with van der Waals surface area (Å²) in [5, 5.41) is 6.65. The average molecular weight is 389 g/mol. The van der Waals surface area contributed by atoms with E-state index in [1.165, 1.54) is 0 Å². The van der Waals surface area contributed by atoms with Crippen LogP contribution in [-0.2, 0) is 22.6 Å². The summed E-state index contributed by atoms with van der Waals surface area (Å²) in [6.07, 6.45) is 5.39. The first-order valence-corrected chi connectivity index (χ1v) is 9.82. The monoisotopic (exact) mass is 388 g/mol. The van der Waals surface area contributed by atoms with Gasteiger partial charge in [-0.2, -0.15) is 0 Å². The lowest BCUT2D eigenvalue weighted by Crippen LogP contribution is -2.37. The lowest BCUT2D eigenvalue weighted by molar-refractivity contribution is -0.130. The second-order valence-electron chi connectivity index (χ2n) is 7.01. The minimum atomic E-state index is -0.0157. The molecule has 2 N–H and O–H groups in total. The van der Waals surface area contributed by atoms with Crippen molar-refractivity contribution in [3.8, 4) is 0 Å². The fraction of sp³-hybridized carbons (Fsp3) is 0.429. The molecule has 0 saturated heterocycles. The number of nitrogens with one attached hydrogen (secondary N) is 2. The van der Waals surface area contributed by atoms with E-state index in [0.717, 1.165) is 43.4 Å². The van der Waals surface area contributed by atoms with Crippen LogP contribution < -0.4 is 10.6 Å². The molecule has 3 rings (SSSR count). The molecule has 27 heavy (non-hydrogen) atoms. The third-order valence-corrected chi connectivity index (χ3v) is 5.36. The number of amides is 2. The van der Waals surface area contributed by atoms with E-state index in [4.69, 9.17) is 16.0 Å². The molecule has 0 aliphatic heterocycles. The van der Waals surface area contributed by atoms with Crippen molar-refractivity contribution in [2.75, 3.05) is 6.54 Å². The molecule has 0 unspecified atom stereocenters. The predicted molar refractivity (Wildman–Crippen MR) is 104 cm³/mol. The molecule has 1 fully saturated rings. The second-order valence-corrected chi connectivity index (χ2v) is 7.45. The van der Waals surface area contributed by atoms with Crippen LogP contribution in [0.2, 0.25) is 5.02 Å². The SMILES string of the molecule is O=C(NCCc1ccc(Cl)cc1)C1CCC(C(=O)NCc2ccco2)CC1. The Balaban J connectivity index is 1.34. The topological polar surface area (TPSA) is 71.3 Å². The number of benzene rings is 1. The van der Waals surface area contributed by atoms with Gasteiger partial charge in [-0.05, 0) is 61.9 Å². The van der Waals surface area contributed by atoms with Crippen molar-refractivity contribution in [2.45, 2.75) is 38.6 Å². The van der Waals surface area contributed by atoms with E-state index < -0.39 is 0 Å². The zero-order valence-electron chi connectivity index (χ0n) is 15.2. The summed E-state index contributed by atoms with van der Waals surface area (Å²) < 4.78 is 5.22. The van der Waals surface area contributed by atoms with Gasteiger partial charge >= 0.3 is 0 Å². The van der Waals surface area contributed by atoms with E-state index in [1.54, 1.807) is 12.3 Å². The molecule has 1 saturated carbocycles. The van der Waals surface area contributed by atoms with Gasteiger partial charge in [-0.1, -0.05) is 23.7 Å². The van der Waals surface area contributed by atoms with Crippen LogP contribution in [0.3, 0.4) is 0 Å². The van der Waals surface area contributed by atoms with Crippen LogP contribution in [0.25, 0.3) is 0 Å². The minimum Gasteiger partial charge on any atom is -0.467 e. The number of furan rings is 1. The predicted octanol–water partition coefficient (Wildman–Crippen LogP) is 3.71. The first-order chi connectivity index (χ1) is 13.1. The number of halogens is 1. The normalized spacial score (nSPS) is 19.4. The maximum Gasteiger partial charge on any atom is 0.223 e. The Labute approximate surface area is 164 Å². The van der Waals surface area contributed by atoms with Crippen LogP contribution in [0, 0.1) is 11.8 Å². The lowest BCUT2D eigenvalue weighted by Gasteiger charge is -2.27. The molecule has 1 aliphatic rings. The summed E-state index contributed by atoms with van der Waals surface area (Å²) >= 11 is 5.87. The first-order valence-electron chi connectivity index (χ1n) is 9.44. The van der Waals surface area contributed by atoms with Crippen molar-refractivity contribution in [3.05, 3.63) is 59.0 Å². The second kappa shape index (κ2) is 9.60. The largest absolute Gasteiger partial charge is 0.467 e. The zero-order valence-corrected chi connectivity index (χ0v) is 16.0. The van der Waals surface area contributed by atoms with Crippen molar-refractivity contribution < 1.29 is 14.0 Å². The summed E-state index contributed by atoms with van der Waals surface area (Å²) in [7, 11) is 0. The van der Waals surface area contributed by atoms with Gasteiger partial charge in [-0.15, -0.1) is 0 Å². The Hall–Kier alpha value is -2.27. The van der Waals surface area contributed by atoms with Crippen LogP contribution in [0.5, 0.6) is 0 Å². The highest BCUT2D eigenvalue weighted by atomic mass is 35.5. The molecule has 2 amide bonds. The molecule has 0 radical (unpaired) electrons. The van der Waals surface area contributed by atoms with Crippen LogP contribution in [0.4, 0.5) is 0 Å². The van der Waals surface area contributed by atoms with Gasteiger partial charge in [0, 0.05) is 23.4 Å². The Bertz CT molecular complexity index is 735. The molecular formula is C21H25ClN2O3. The Kier molecular flexibility index (Phi) is 6.93. The van der Waals surface area contributed by atoms with Crippen molar-refractivity contribution >= 4 is 23.4 Å². The number of hydrogen-bond donors (Lipinski definition) is 2. The fourth-order valence-corrected chi connectivity index (χ4v) is 3.60.